The van der Waals surface area contributed by atoms with Gasteiger partial charge >= 0.3 is 0 Å². The molecule has 4 rings (SSSR count). The number of pyridine rings is 1. The first-order chi connectivity index (χ1) is 17.7. The number of methoxy groups -OCH3 is 1. The lowest BCUT2D eigenvalue weighted by molar-refractivity contribution is -0.117. The van der Waals surface area contributed by atoms with E-state index in [1.807, 2.05) is 72.9 Å². The number of piperidine rings is 1. The van der Waals surface area contributed by atoms with Crippen LogP contribution in [0.3, 0.4) is 0 Å². The molecule has 0 bridgehead atoms. The minimum absolute atomic E-state index is 0.0896. The Hall–Kier alpha value is -3.73. The average Bonchev–Trinajstić information content (AvgIpc) is 2.94. The number of carbonyl (C=O) groups excluding carboxylic acids is 1. The van der Waals surface area contributed by atoms with Gasteiger partial charge in [-0.2, -0.15) is 5.26 Å². The highest BCUT2D eigenvalue weighted by Gasteiger charge is 2.22. The molecule has 3 aromatic rings. The van der Waals surface area contributed by atoms with Crippen LogP contribution in [0, 0.1) is 11.3 Å². The molecule has 7 nitrogen and oxygen atoms in total. The van der Waals surface area contributed by atoms with Crippen LogP contribution in [-0.2, 0) is 16.0 Å². The number of anilines is 2. The zero-order valence-corrected chi connectivity index (χ0v) is 20.7. The summed E-state index contributed by atoms with van der Waals surface area (Å²) in [6.45, 7) is 3.13. The van der Waals surface area contributed by atoms with Crippen molar-refractivity contribution in [1.82, 2.24) is 10.3 Å². The fourth-order valence-corrected chi connectivity index (χ4v) is 4.48. The third-order valence-corrected chi connectivity index (χ3v) is 6.68. The van der Waals surface area contributed by atoms with Gasteiger partial charge in [-0.1, -0.05) is 42.5 Å². The van der Waals surface area contributed by atoms with Crippen molar-refractivity contribution in [3.8, 4) is 6.07 Å². The molecule has 1 aliphatic heterocycles. The number of hydrogen-bond donors (Lipinski definition) is 2. The molecule has 1 aliphatic rings. The third kappa shape index (κ3) is 6.91. The quantitative estimate of drug-likeness (QED) is 0.422. The van der Waals surface area contributed by atoms with Crippen LogP contribution in [0.5, 0.6) is 0 Å². The third-order valence-electron chi connectivity index (χ3n) is 6.68. The van der Waals surface area contributed by atoms with E-state index >= 15 is 0 Å². The molecule has 7 heteroatoms. The van der Waals surface area contributed by atoms with Crippen LogP contribution in [-0.4, -0.2) is 50.3 Å². The first kappa shape index (κ1) is 25.4. The number of nitrogens with one attached hydrogen (secondary N) is 2. The molecule has 0 aliphatic carbocycles. The van der Waals surface area contributed by atoms with Gasteiger partial charge < -0.3 is 20.3 Å². The van der Waals surface area contributed by atoms with E-state index in [-0.39, 0.29) is 11.8 Å². The van der Waals surface area contributed by atoms with Crippen molar-refractivity contribution < 1.29 is 9.53 Å². The predicted molar refractivity (Wildman–Crippen MR) is 142 cm³/mol. The van der Waals surface area contributed by atoms with E-state index < -0.39 is 0 Å². The number of hydrogen-bond acceptors (Lipinski definition) is 6. The maximum Gasteiger partial charge on any atom is 0.234 e. The summed E-state index contributed by atoms with van der Waals surface area (Å²) >= 11 is 0. The molecule has 1 aromatic heterocycles. The normalized spacial score (nSPS) is 14.7. The lowest BCUT2D eigenvalue weighted by Crippen LogP contribution is -2.36. The standard InChI is InChI=1S/C29H33N5O2/c1-36-26-14-17-34(18-15-26)25-11-12-28(32-20-25)33-29(35)27(24-5-3-2-4-6-24)21-31-16-13-22-7-9-23(19-30)10-8-22/h2-12,20,26-27,31H,13-18,21H2,1H3,(H,32,33,35). The molecule has 0 spiro atoms. The van der Waals surface area contributed by atoms with Gasteiger partial charge in [-0.05, 0) is 61.2 Å². The highest BCUT2D eigenvalue weighted by Crippen LogP contribution is 2.22. The molecule has 2 heterocycles. The molecule has 2 N–H and O–H groups in total. The van der Waals surface area contributed by atoms with Crippen LogP contribution in [0.25, 0.3) is 0 Å². The molecule has 1 atom stereocenters. The van der Waals surface area contributed by atoms with Crippen molar-refractivity contribution in [2.75, 3.05) is 43.5 Å². The fourth-order valence-electron chi connectivity index (χ4n) is 4.48. The number of carbonyl (C=O) groups is 1. The van der Waals surface area contributed by atoms with Crippen molar-refractivity contribution in [1.29, 1.82) is 5.26 Å². The maximum atomic E-state index is 13.3. The Morgan fingerprint density at radius 1 is 1.11 bits per heavy atom. The van der Waals surface area contributed by atoms with Gasteiger partial charge in [0.15, 0.2) is 0 Å². The van der Waals surface area contributed by atoms with Gasteiger partial charge in [-0.3, -0.25) is 4.79 Å². The monoisotopic (exact) mass is 483 g/mol. The molecule has 0 radical (unpaired) electrons. The van der Waals surface area contributed by atoms with Crippen molar-refractivity contribution >= 4 is 17.4 Å². The molecule has 2 aromatic carbocycles. The van der Waals surface area contributed by atoms with E-state index in [9.17, 15) is 4.79 Å². The molecular formula is C29H33N5O2. The van der Waals surface area contributed by atoms with Crippen molar-refractivity contribution in [3.63, 3.8) is 0 Å². The topological polar surface area (TPSA) is 90.3 Å². The van der Waals surface area contributed by atoms with Gasteiger partial charge in [0.1, 0.15) is 5.82 Å². The number of benzene rings is 2. The number of nitrogens with zero attached hydrogens (tertiary/aromatic N) is 3. The highest BCUT2D eigenvalue weighted by atomic mass is 16.5. The van der Waals surface area contributed by atoms with Crippen LogP contribution in [0.2, 0.25) is 0 Å². The van der Waals surface area contributed by atoms with Gasteiger partial charge in [0.05, 0.1) is 35.5 Å². The summed E-state index contributed by atoms with van der Waals surface area (Å²) in [6.07, 6.45) is 4.99. The summed E-state index contributed by atoms with van der Waals surface area (Å²) in [5, 5.41) is 15.4. The number of ether oxygens (including phenoxy) is 1. The Morgan fingerprint density at radius 3 is 2.50 bits per heavy atom. The Balaban J connectivity index is 1.33. The van der Waals surface area contributed by atoms with Crippen LogP contribution >= 0.6 is 0 Å². The first-order valence-corrected chi connectivity index (χ1v) is 12.5. The average molecular weight is 484 g/mol. The van der Waals surface area contributed by atoms with Gasteiger partial charge in [0.2, 0.25) is 5.91 Å². The van der Waals surface area contributed by atoms with E-state index in [2.05, 4.69) is 26.6 Å². The molecule has 1 fully saturated rings. The molecular weight excluding hydrogens is 450 g/mol. The molecule has 36 heavy (non-hydrogen) atoms. The van der Waals surface area contributed by atoms with E-state index in [4.69, 9.17) is 10.00 Å². The van der Waals surface area contributed by atoms with Crippen molar-refractivity contribution in [3.05, 3.63) is 89.6 Å². The van der Waals surface area contributed by atoms with Crippen LogP contribution in [0.1, 0.15) is 35.4 Å². The van der Waals surface area contributed by atoms with Gasteiger partial charge in [-0.25, -0.2) is 4.98 Å². The summed E-state index contributed by atoms with van der Waals surface area (Å²) < 4.78 is 5.46. The summed E-state index contributed by atoms with van der Waals surface area (Å²) in [5.41, 5.74) is 3.83. The van der Waals surface area contributed by atoms with Crippen LogP contribution < -0.4 is 15.5 Å². The molecule has 1 unspecified atom stereocenters. The second kappa shape index (κ2) is 12.8. The number of nitriles is 1. The zero-order valence-electron chi connectivity index (χ0n) is 20.7. The van der Waals surface area contributed by atoms with E-state index in [0.717, 1.165) is 55.7 Å². The van der Waals surface area contributed by atoms with Crippen LogP contribution in [0.4, 0.5) is 11.5 Å². The lowest BCUT2D eigenvalue weighted by atomic mass is 9.98. The van der Waals surface area contributed by atoms with E-state index in [0.29, 0.717) is 24.0 Å². The van der Waals surface area contributed by atoms with E-state index in [1.165, 1.54) is 0 Å². The predicted octanol–water partition coefficient (Wildman–Crippen LogP) is 4.12. The SMILES string of the molecule is COC1CCN(c2ccc(NC(=O)C(CNCCc3ccc(C#N)cc3)c3ccccc3)nc2)CC1. The Labute approximate surface area is 213 Å². The Kier molecular flexibility index (Phi) is 9.03. The van der Waals surface area contributed by atoms with E-state index in [1.54, 1.807) is 7.11 Å². The minimum Gasteiger partial charge on any atom is -0.381 e. The number of amides is 1. The summed E-state index contributed by atoms with van der Waals surface area (Å²) in [4.78, 5) is 20.1. The van der Waals surface area contributed by atoms with Gasteiger partial charge in [0.25, 0.3) is 0 Å². The van der Waals surface area contributed by atoms with Crippen molar-refractivity contribution in [2.24, 2.45) is 0 Å². The number of aromatic nitrogens is 1. The second-order valence-corrected chi connectivity index (χ2v) is 9.04. The second-order valence-electron chi connectivity index (χ2n) is 9.04. The minimum atomic E-state index is -0.346. The van der Waals surface area contributed by atoms with Crippen molar-refractivity contribution in [2.45, 2.75) is 31.3 Å². The molecule has 186 valence electrons. The Morgan fingerprint density at radius 2 is 1.86 bits per heavy atom. The largest absolute Gasteiger partial charge is 0.381 e. The zero-order chi connectivity index (χ0) is 25.2. The molecule has 0 saturated carbocycles. The fraction of sp³-hybridized carbons (Fsp3) is 0.345. The summed E-state index contributed by atoms with van der Waals surface area (Å²) in [7, 11) is 1.77. The summed E-state index contributed by atoms with van der Waals surface area (Å²) in [6, 6.07) is 23.4. The maximum absolute atomic E-state index is 13.3. The highest BCUT2D eigenvalue weighted by molar-refractivity contribution is 5.95. The summed E-state index contributed by atoms with van der Waals surface area (Å²) in [5.74, 6) is 0.115. The molecule has 1 amide bonds. The smallest absolute Gasteiger partial charge is 0.234 e. The Bertz CT molecular complexity index is 1140. The van der Waals surface area contributed by atoms with Gasteiger partial charge in [-0.15, -0.1) is 0 Å². The number of rotatable bonds is 10. The first-order valence-electron chi connectivity index (χ1n) is 12.5. The van der Waals surface area contributed by atoms with Crippen LogP contribution in [0.15, 0.2) is 72.9 Å². The van der Waals surface area contributed by atoms with Gasteiger partial charge in [0, 0.05) is 26.7 Å². The molecule has 1 saturated heterocycles. The lowest BCUT2D eigenvalue weighted by Gasteiger charge is -2.32.